The summed E-state index contributed by atoms with van der Waals surface area (Å²) >= 11 is 0. The second kappa shape index (κ2) is 6.14. The second-order valence-corrected chi connectivity index (χ2v) is 8.54. The first kappa shape index (κ1) is 16.8. The number of nitrogens with zero attached hydrogens (tertiary/aromatic N) is 3. The molecule has 0 saturated carbocycles. The number of morpholine rings is 1. The first-order valence-electron chi connectivity index (χ1n) is 8.99. The van der Waals surface area contributed by atoms with Crippen LogP contribution in [0.25, 0.3) is 0 Å². The molecule has 0 aromatic carbocycles. The van der Waals surface area contributed by atoms with Crippen molar-refractivity contribution in [2.75, 3.05) is 19.8 Å². The van der Waals surface area contributed by atoms with Crippen molar-refractivity contribution in [2.24, 2.45) is 5.92 Å². The minimum absolute atomic E-state index is 0.0518. The molecular weight excluding hydrogens is 286 g/mol. The quantitative estimate of drug-likeness (QED) is 0.839. The molecule has 0 aliphatic carbocycles. The summed E-state index contributed by atoms with van der Waals surface area (Å²) in [5, 5.41) is 0. The number of rotatable bonds is 2. The molecule has 1 saturated heterocycles. The van der Waals surface area contributed by atoms with Crippen LogP contribution in [0.2, 0.25) is 0 Å². The summed E-state index contributed by atoms with van der Waals surface area (Å²) in [4.78, 5) is 12.6. The van der Waals surface area contributed by atoms with Gasteiger partial charge in [0.05, 0.1) is 24.6 Å². The zero-order valence-corrected chi connectivity index (χ0v) is 15.5. The molecule has 0 radical (unpaired) electrons. The average Bonchev–Trinajstić information content (AvgIpc) is 2.50. The van der Waals surface area contributed by atoms with E-state index >= 15 is 0 Å². The lowest BCUT2D eigenvalue weighted by Crippen LogP contribution is -2.49. The lowest BCUT2D eigenvalue weighted by molar-refractivity contribution is -0.0175. The van der Waals surface area contributed by atoms with Gasteiger partial charge in [-0.15, -0.1) is 0 Å². The smallest absolute Gasteiger partial charge is 0.132 e. The van der Waals surface area contributed by atoms with Crippen LogP contribution in [0.4, 0.5) is 0 Å². The van der Waals surface area contributed by atoms with Gasteiger partial charge in [0.2, 0.25) is 0 Å². The van der Waals surface area contributed by atoms with Gasteiger partial charge in [-0.1, -0.05) is 41.5 Å². The topological polar surface area (TPSA) is 38.3 Å². The number of ether oxygens (including phenoxy) is 1. The molecule has 0 bridgehead atoms. The highest BCUT2D eigenvalue weighted by Gasteiger charge is 2.35. The lowest BCUT2D eigenvalue weighted by Gasteiger charge is -2.41. The van der Waals surface area contributed by atoms with Gasteiger partial charge in [-0.3, -0.25) is 4.90 Å². The zero-order chi connectivity index (χ0) is 16.8. The predicted octanol–water partition coefficient (Wildman–Crippen LogP) is 3.29. The van der Waals surface area contributed by atoms with E-state index in [0.717, 1.165) is 38.5 Å². The van der Waals surface area contributed by atoms with Crippen molar-refractivity contribution >= 4 is 0 Å². The molecule has 0 spiro atoms. The van der Waals surface area contributed by atoms with Gasteiger partial charge in [0.1, 0.15) is 5.82 Å². The van der Waals surface area contributed by atoms with E-state index in [4.69, 9.17) is 14.7 Å². The third-order valence-electron chi connectivity index (χ3n) is 5.37. The number of aromatic nitrogens is 2. The summed E-state index contributed by atoms with van der Waals surface area (Å²) in [6, 6.07) is 0.495. The fraction of sp³-hybridized carbons (Fsp3) is 0.789. The van der Waals surface area contributed by atoms with E-state index in [2.05, 4.69) is 46.4 Å². The molecule has 1 fully saturated rings. The Morgan fingerprint density at radius 2 is 1.91 bits per heavy atom. The van der Waals surface area contributed by atoms with Crippen LogP contribution in [0.1, 0.15) is 70.2 Å². The van der Waals surface area contributed by atoms with Crippen LogP contribution >= 0.6 is 0 Å². The van der Waals surface area contributed by atoms with Gasteiger partial charge >= 0.3 is 0 Å². The van der Waals surface area contributed by atoms with Gasteiger partial charge in [0.15, 0.2) is 0 Å². The number of hydrogen-bond acceptors (Lipinski definition) is 4. The summed E-state index contributed by atoms with van der Waals surface area (Å²) in [6.07, 6.45) is 1.03. The van der Waals surface area contributed by atoms with E-state index in [1.165, 1.54) is 17.0 Å². The molecule has 0 amide bonds. The fourth-order valence-electron chi connectivity index (χ4n) is 3.53. The van der Waals surface area contributed by atoms with Gasteiger partial charge in [-0.2, -0.15) is 0 Å². The molecule has 2 unspecified atom stereocenters. The van der Waals surface area contributed by atoms with Crippen LogP contribution in [0.15, 0.2) is 0 Å². The van der Waals surface area contributed by atoms with Crippen molar-refractivity contribution < 1.29 is 4.74 Å². The Balaban J connectivity index is 2.06. The van der Waals surface area contributed by atoms with Crippen LogP contribution in [-0.4, -0.2) is 40.7 Å². The van der Waals surface area contributed by atoms with Crippen molar-refractivity contribution in [3.8, 4) is 0 Å². The molecule has 2 aliphatic rings. The molecule has 3 rings (SSSR count). The van der Waals surface area contributed by atoms with E-state index in [-0.39, 0.29) is 5.41 Å². The normalized spacial score (nSPS) is 23.5. The van der Waals surface area contributed by atoms with Crippen molar-refractivity contribution in [3.05, 3.63) is 22.8 Å². The molecule has 3 heterocycles. The molecular formula is C19H31N3O. The maximum atomic E-state index is 5.69. The highest BCUT2D eigenvalue weighted by Crippen LogP contribution is 2.34. The van der Waals surface area contributed by atoms with Crippen molar-refractivity contribution in [1.82, 2.24) is 14.9 Å². The van der Waals surface area contributed by atoms with Crippen LogP contribution in [0, 0.1) is 5.92 Å². The van der Waals surface area contributed by atoms with Gasteiger partial charge in [-0.25, -0.2) is 9.97 Å². The Bertz CT molecular complexity index is 577. The largest absolute Gasteiger partial charge is 0.378 e. The first-order valence-corrected chi connectivity index (χ1v) is 8.99. The first-order chi connectivity index (χ1) is 10.8. The maximum absolute atomic E-state index is 5.69. The Kier molecular flexibility index (Phi) is 4.49. The second-order valence-electron chi connectivity index (χ2n) is 8.54. The molecule has 23 heavy (non-hydrogen) atoms. The van der Waals surface area contributed by atoms with E-state index in [9.17, 15) is 0 Å². The molecule has 4 nitrogen and oxygen atoms in total. The zero-order valence-electron chi connectivity index (χ0n) is 15.5. The fourth-order valence-corrected chi connectivity index (χ4v) is 3.53. The summed E-state index contributed by atoms with van der Waals surface area (Å²) in [7, 11) is 0. The molecule has 0 N–H and O–H groups in total. The number of hydrogen-bond donors (Lipinski definition) is 0. The van der Waals surface area contributed by atoms with Gasteiger partial charge in [0.25, 0.3) is 0 Å². The van der Waals surface area contributed by atoms with Crippen LogP contribution in [-0.2, 0) is 23.1 Å². The van der Waals surface area contributed by atoms with E-state index in [1.54, 1.807) is 0 Å². The van der Waals surface area contributed by atoms with E-state index in [0.29, 0.717) is 17.9 Å². The van der Waals surface area contributed by atoms with Gasteiger partial charge in [0, 0.05) is 30.5 Å². The molecule has 4 heteroatoms. The standard InChI is InChI=1S/C19H31N3O/c1-12(2)13(3)18-20-16-10-22-7-8-23-11-14(22)9-15(16)17(21-18)19(4,5)6/h12-14H,7-11H2,1-6H3. The Labute approximate surface area is 140 Å². The predicted molar refractivity (Wildman–Crippen MR) is 92.7 cm³/mol. The third kappa shape index (κ3) is 3.29. The van der Waals surface area contributed by atoms with E-state index < -0.39 is 0 Å². The molecule has 1 aromatic rings. The van der Waals surface area contributed by atoms with Gasteiger partial charge in [-0.05, 0) is 17.9 Å². The summed E-state index contributed by atoms with van der Waals surface area (Å²) in [6.45, 7) is 17.2. The summed E-state index contributed by atoms with van der Waals surface area (Å²) in [5.74, 6) is 1.97. The van der Waals surface area contributed by atoms with Crippen molar-refractivity contribution in [2.45, 2.75) is 71.9 Å². The van der Waals surface area contributed by atoms with E-state index in [1.807, 2.05) is 0 Å². The van der Waals surface area contributed by atoms with Crippen LogP contribution < -0.4 is 0 Å². The minimum Gasteiger partial charge on any atom is -0.378 e. The Morgan fingerprint density at radius 3 is 2.57 bits per heavy atom. The molecule has 2 aliphatic heterocycles. The minimum atomic E-state index is 0.0518. The molecule has 128 valence electrons. The van der Waals surface area contributed by atoms with Crippen LogP contribution in [0.3, 0.4) is 0 Å². The van der Waals surface area contributed by atoms with Gasteiger partial charge < -0.3 is 4.74 Å². The van der Waals surface area contributed by atoms with Crippen molar-refractivity contribution in [1.29, 1.82) is 0 Å². The molecule has 1 aromatic heterocycles. The monoisotopic (exact) mass is 317 g/mol. The number of fused-ring (bicyclic) bond motifs is 2. The van der Waals surface area contributed by atoms with Crippen molar-refractivity contribution in [3.63, 3.8) is 0 Å². The third-order valence-corrected chi connectivity index (χ3v) is 5.37. The van der Waals surface area contributed by atoms with Crippen LogP contribution in [0.5, 0.6) is 0 Å². The Hall–Kier alpha value is -1.00. The highest BCUT2D eigenvalue weighted by atomic mass is 16.5. The summed E-state index contributed by atoms with van der Waals surface area (Å²) in [5.41, 5.74) is 3.93. The Morgan fingerprint density at radius 1 is 1.17 bits per heavy atom. The molecule has 2 atom stereocenters. The maximum Gasteiger partial charge on any atom is 0.132 e. The highest BCUT2D eigenvalue weighted by molar-refractivity contribution is 5.34. The summed E-state index contributed by atoms with van der Waals surface area (Å²) < 4.78 is 5.69. The SMILES string of the molecule is CC(C)C(C)c1nc2c(c(C(C)(C)C)n1)CC1COCCN1C2. The lowest BCUT2D eigenvalue weighted by atomic mass is 9.83. The average molecular weight is 317 g/mol.